The van der Waals surface area contributed by atoms with E-state index in [1.807, 2.05) is 13.8 Å². The van der Waals surface area contributed by atoms with Gasteiger partial charge in [0.1, 0.15) is 5.60 Å². The van der Waals surface area contributed by atoms with Gasteiger partial charge in [-0.05, 0) is 51.9 Å². The average molecular weight is 328 g/mol. The molecule has 1 unspecified atom stereocenters. The molecule has 0 aromatic rings. The molecule has 0 radical (unpaired) electrons. The van der Waals surface area contributed by atoms with Crippen LogP contribution >= 0.6 is 0 Å². The van der Waals surface area contributed by atoms with Crippen molar-refractivity contribution in [3.63, 3.8) is 0 Å². The summed E-state index contributed by atoms with van der Waals surface area (Å²) in [5.41, 5.74) is -1.90. The van der Waals surface area contributed by atoms with Gasteiger partial charge < -0.3 is 19.3 Å². The van der Waals surface area contributed by atoms with Gasteiger partial charge in [0.15, 0.2) is 18.2 Å². The minimum Gasteiger partial charge on any atom is -0.384 e. The summed E-state index contributed by atoms with van der Waals surface area (Å²) in [5.74, 6) is -0.222. The van der Waals surface area contributed by atoms with Crippen molar-refractivity contribution in [2.75, 3.05) is 6.61 Å². The zero-order valence-corrected chi connectivity index (χ0v) is 14.4. The van der Waals surface area contributed by atoms with Crippen LogP contribution in [0.15, 0.2) is 0 Å². The van der Waals surface area contributed by atoms with Gasteiger partial charge in [-0.1, -0.05) is 6.92 Å². The zero-order chi connectivity index (χ0) is 16.5. The van der Waals surface area contributed by atoms with Gasteiger partial charge in [0, 0.05) is 18.9 Å². The molecule has 1 aliphatic carbocycles. The molecule has 1 N–H and O–H groups in total. The van der Waals surface area contributed by atoms with Crippen LogP contribution in [-0.2, 0) is 24.0 Å². The first-order valence-corrected chi connectivity index (χ1v) is 8.87. The molecular formula is C17H28O6. The van der Waals surface area contributed by atoms with Gasteiger partial charge in [-0.3, -0.25) is 0 Å². The van der Waals surface area contributed by atoms with Crippen LogP contribution in [0.1, 0.15) is 53.4 Å². The summed E-state index contributed by atoms with van der Waals surface area (Å²) < 4.78 is 18.0. The first-order chi connectivity index (χ1) is 10.8. The quantitative estimate of drug-likeness (QED) is 0.785. The second-order valence-electron chi connectivity index (χ2n) is 8.01. The van der Waals surface area contributed by atoms with Crippen molar-refractivity contribution in [1.29, 1.82) is 0 Å². The van der Waals surface area contributed by atoms with E-state index in [1.54, 1.807) is 6.92 Å². The third-order valence-electron chi connectivity index (χ3n) is 6.47. The fourth-order valence-corrected chi connectivity index (χ4v) is 5.24. The average Bonchev–Trinajstić information content (AvgIpc) is 2.71. The van der Waals surface area contributed by atoms with Gasteiger partial charge in [0.2, 0.25) is 5.79 Å². The smallest absolute Gasteiger partial charge is 0.201 e. The molecule has 2 bridgehead atoms. The Morgan fingerprint density at radius 2 is 1.96 bits per heavy atom. The number of rotatable bonds is 2. The number of fused-ring (bicyclic) bond motifs is 2. The largest absolute Gasteiger partial charge is 0.384 e. The Morgan fingerprint density at radius 1 is 1.17 bits per heavy atom. The zero-order valence-electron chi connectivity index (χ0n) is 14.4. The molecule has 0 amide bonds. The molecule has 5 aliphatic rings. The van der Waals surface area contributed by atoms with Crippen molar-refractivity contribution in [2.45, 2.75) is 82.9 Å². The van der Waals surface area contributed by atoms with Crippen LogP contribution in [0.3, 0.4) is 0 Å². The number of hydrogen-bond acceptors (Lipinski definition) is 6. The number of hydrogen-bond donors (Lipinski definition) is 1. The van der Waals surface area contributed by atoms with Crippen molar-refractivity contribution in [1.82, 2.24) is 0 Å². The summed E-state index contributed by atoms with van der Waals surface area (Å²) >= 11 is 0. The minimum atomic E-state index is -1.14. The highest BCUT2D eigenvalue weighted by Crippen LogP contribution is 2.61. The summed E-state index contributed by atoms with van der Waals surface area (Å²) in [7, 11) is 0. The maximum absolute atomic E-state index is 11.2. The molecule has 132 valence electrons. The molecule has 4 saturated heterocycles. The summed E-state index contributed by atoms with van der Waals surface area (Å²) in [6.07, 6.45) is 2.32. The molecule has 1 saturated carbocycles. The lowest BCUT2D eigenvalue weighted by Crippen LogP contribution is -2.75. The van der Waals surface area contributed by atoms with Gasteiger partial charge in [0.05, 0.1) is 0 Å². The van der Waals surface area contributed by atoms with Crippen molar-refractivity contribution in [3.8, 4) is 0 Å². The standard InChI is InChI=1S/C17H28O6/c1-5-19-13-16(4,18)12-7-6-10(2)11-8-9-15(3)21-14(20-13)17(11,12)23-22-15/h10-14,18H,5-9H2,1-4H3/t10-,11+,12+,13?,14-,15-,16-,17-/m1/s1. The first kappa shape index (κ1) is 16.2. The van der Waals surface area contributed by atoms with Gasteiger partial charge in [0.25, 0.3) is 0 Å². The van der Waals surface area contributed by atoms with Crippen molar-refractivity contribution in [2.24, 2.45) is 17.8 Å². The van der Waals surface area contributed by atoms with E-state index in [0.29, 0.717) is 12.5 Å². The Hall–Kier alpha value is -0.240. The van der Waals surface area contributed by atoms with Crippen molar-refractivity contribution in [3.05, 3.63) is 0 Å². The van der Waals surface area contributed by atoms with E-state index >= 15 is 0 Å². The van der Waals surface area contributed by atoms with Gasteiger partial charge in [-0.15, -0.1) is 0 Å². The molecular weight excluding hydrogens is 300 g/mol. The third-order valence-corrected chi connectivity index (χ3v) is 6.47. The highest BCUT2D eigenvalue weighted by Gasteiger charge is 2.72. The van der Waals surface area contributed by atoms with E-state index in [4.69, 9.17) is 24.0 Å². The Bertz CT molecular complexity index is 482. The van der Waals surface area contributed by atoms with Crippen LogP contribution in [0.4, 0.5) is 0 Å². The predicted molar refractivity (Wildman–Crippen MR) is 79.9 cm³/mol. The molecule has 8 atom stereocenters. The minimum absolute atomic E-state index is 0.144. The van der Waals surface area contributed by atoms with Crippen molar-refractivity contribution >= 4 is 0 Å². The van der Waals surface area contributed by atoms with Gasteiger partial charge in [-0.2, -0.15) is 0 Å². The highest BCUT2D eigenvalue weighted by molar-refractivity contribution is 5.13. The molecule has 0 aromatic heterocycles. The van der Waals surface area contributed by atoms with Crippen LogP contribution in [0.25, 0.3) is 0 Å². The Kier molecular flexibility index (Phi) is 3.62. The van der Waals surface area contributed by atoms with Gasteiger partial charge in [-0.25, -0.2) is 9.78 Å². The second-order valence-corrected chi connectivity index (χ2v) is 8.01. The van der Waals surface area contributed by atoms with Crippen LogP contribution in [0, 0.1) is 17.8 Å². The van der Waals surface area contributed by atoms with E-state index in [1.165, 1.54) is 0 Å². The van der Waals surface area contributed by atoms with E-state index in [9.17, 15) is 5.11 Å². The van der Waals surface area contributed by atoms with Crippen LogP contribution in [0.2, 0.25) is 0 Å². The maximum atomic E-state index is 11.2. The fourth-order valence-electron chi connectivity index (χ4n) is 5.24. The summed E-state index contributed by atoms with van der Waals surface area (Å²) in [4.78, 5) is 11.7. The molecule has 1 spiro atoms. The third kappa shape index (κ3) is 2.09. The first-order valence-electron chi connectivity index (χ1n) is 8.87. The molecule has 23 heavy (non-hydrogen) atoms. The van der Waals surface area contributed by atoms with E-state index in [2.05, 4.69) is 6.92 Å². The fraction of sp³-hybridized carbons (Fsp3) is 1.00. The van der Waals surface area contributed by atoms with E-state index < -0.39 is 29.6 Å². The summed E-state index contributed by atoms with van der Waals surface area (Å²) in [5, 5.41) is 11.2. The molecule has 0 aromatic carbocycles. The molecule has 6 nitrogen and oxygen atoms in total. The Labute approximate surface area is 137 Å². The van der Waals surface area contributed by atoms with Crippen molar-refractivity contribution < 1.29 is 29.1 Å². The highest BCUT2D eigenvalue weighted by atomic mass is 17.3. The molecule has 5 fully saturated rings. The number of ether oxygens (including phenoxy) is 3. The lowest BCUT2D eigenvalue weighted by atomic mass is 9.57. The van der Waals surface area contributed by atoms with E-state index in [-0.39, 0.29) is 11.8 Å². The lowest BCUT2D eigenvalue weighted by Gasteiger charge is -2.62. The van der Waals surface area contributed by atoms with Crippen LogP contribution in [-0.4, -0.2) is 41.3 Å². The lowest BCUT2D eigenvalue weighted by molar-refractivity contribution is -0.584. The predicted octanol–water partition coefficient (Wildman–Crippen LogP) is 2.35. The Morgan fingerprint density at radius 3 is 2.70 bits per heavy atom. The maximum Gasteiger partial charge on any atom is 0.201 e. The monoisotopic (exact) mass is 328 g/mol. The van der Waals surface area contributed by atoms with E-state index in [0.717, 1.165) is 25.7 Å². The second kappa shape index (κ2) is 5.13. The number of aliphatic hydroxyl groups is 1. The van der Waals surface area contributed by atoms with Gasteiger partial charge >= 0.3 is 0 Å². The summed E-state index contributed by atoms with van der Waals surface area (Å²) in [6.45, 7) is 8.30. The Balaban J connectivity index is 1.80. The molecule has 4 aliphatic heterocycles. The van der Waals surface area contributed by atoms with Crippen LogP contribution in [0.5, 0.6) is 0 Å². The molecule has 5 rings (SSSR count). The van der Waals surface area contributed by atoms with Crippen LogP contribution < -0.4 is 0 Å². The topological polar surface area (TPSA) is 66.4 Å². The summed E-state index contributed by atoms with van der Waals surface area (Å²) in [6, 6.07) is 0. The molecule has 4 heterocycles. The molecule has 6 heteroatoms. The SMILES string of the molecule is CCOC1O[C@@H]2O[C@@]3(C)CC[C@H]4[C@H](C)CC[C@H]([C@@]24OO3)[C@@]1(C)O. The normalized spacial score (nSPS) is 58.6.